The van der Waals surface area contributed by atoms with Gasteiger partial charge < -0.3 is 19.5 Å². The average molecular weight is 432 g/mol. The van der Waals surface area contributed by atoms with Gasteiger partial charge in [0.25, 0.3) is 0 Å². The summed E-state index contributed by atoms with van der Waals surface area (Å²) in [6.45, 7) is 3.50. The van der Waals surface area contributed by atoms with E-state index in [2.05, 4.69) is 36.1 Å². The molecule has 1 heterocycles. The third-order valence-corrected chi connectivity index (χ3v) is 6.03. The van der Waals surface area contributed by atoms with Crippen LogP contribution in [0.1, 0.15) is 30.4 Å². The maximum absolute atomic E-state index is 11.1. The zero-order chi connectivity index (χ0) is 22.5. The third-order valence-electron chi connectivity index (χ3n) is 6.03. The minimum atomic E-state index is -0.741. The SMILES string of the molecule is COc1cccc(-c2ccc(COc3ccc(N4CCC[C@H]4CC(=O)O)cc3)cc2C)c1. The fourth-order valence-electron chi connectivity index (χ4n) is 4.42. The Labute approximate surface area is 189 Å². The number of benzene rings is 3. The molecule has 1 fully saturated rings. The van der Waals surface area contributed by atoms with E-state index in [4.69, 9.17) is 14.6 Å². The van der Waals surface area contributed by atoms with Crippen LogP contribution >= 0.6 is 0 Å². The largest absolute Gasteiger partial charge is 0.497 e. The first-order chi connectivity index (χ1) is 15.5. The van der Waals surface area contributed by atoms with Gasteiger partial charge in [-0.25, -0.2) is 0 Å². The fraction of sp³-hybridized carbons (Fsp3) is 0.296. The van der Waals surface area contributed by atoms with Crippen LogP contribution in [0.2, 0.25) is 0 Å². The number of hydrogen-bond donors (Lipinski definition) is 1. The summed E-state index contributed by atoms with van der Waals surface area (Å²) in [5.41, 5.74) is 5.67. The molecular formula is C27H29NO4. The second kappa shape index (κ2) is 9.77. The lowest BCUT2D eigenvalue weighted by Crippen LogP contribution is -2.31. The molecule has 0 unspecified atom stereocenters. The first kappa shape index (κ1) is 21.8. The summed E-state index contributed by atoms with van der Waals surface area (Å²) >= 11 is 0. The summed E-state index contributed by atoms with van der Waals surface area (Å²) in [6.07, 6.45) is 2.14. The summed E-state index contributed by atoms with van der Waals surface area (Å²) in [4.78, 5) is 13.3. The van der Waals surface area contributed by atoms with E-state index in [0.29, 0.717) is 6.61 Å². The summed E-state index contributed by atoms with van der Waals surface area (Å²) in [5.74, 6) is 0.910. The van der Waals surface area contributed by atoms with E-state index in [1.807, 2.05) is 42.5 Å². The van der Waals surface area contributed by atoms with Crippen LogP contribution in [0.15, 0.2) is 66.7 Å². The number of carboxylic acid groups (broad SMARTS) is 1. The quantitative estimate of drug-likeness (QED) is 0.496. The highest BCUT2D eigenvalue weighted by molar-refractivity contribution is 5.69. The molecule has 0 bridgehead atoms. The van der Waals surface area contributed by atoms with Crippen molar-refractivity contribution in [3.05, 3.63) is 77.9 Å². The third kappa shape index (κ3) is 5.05. The van der Waals surface area contributed by atoms with Crippen molar-refractivity contribution >= 4 is 11.7 Å². The zero-order valence-corrected chi connectivity index (χ0v) is 18.6. The van der Waals surface area contributed by atoms with Crippen molar-refractivity contribution in [3.63, 3.8) is 0 Å². The Morgan fingerprint density at radius 3 is 2.59 bits per heavy atom. The number of nitrogens with zero attached hydrogens (tertiary/aromatic N) is 1. The molecule has 0 aromatic heterocycles. The van der Waals surface area contributed by atoms with Gasteiger partial charge in [0.05, 0.1) is 13.5 Å². The molecule has 1 aliphatic heterocycles. The van der Waals surface area contributed by atoms with Gasteiger partial charge in [0, 0.05) is 18.3 Å². The van der Waals surface area contributed by atoms with Crippen LogP contribution in [0.25, 0.3) is 11.1 Å². The van der Waals surface area contributed by atoms with Gasteiger partial charge in [0.2, 0.25) is 0 Å². The molecular weight excluding hydrogens is 402 g/mol. The van der Waals surface area contributed by atoms with Crippen LogP contribution in [-0.4, -0.2) is 30.8 Å². The summed E-state index contributed by atoms with van der Waals surface area (Å²) in [6, 6.07) is 22.5. The van der Waals surface area contributed by atoms with Crippen molar-refractivity contribution in [2.24, 2.45) is 0 Å². The summed E-state index contributed by atoms with van der Waals surface area (Å²) < 4.78 is 11.3. The number of anilines is 1. The van der Waals surface area contributed by atoms with E-state index in [1.165, 1.54) is 11.1 Å². The highest BCUT2D eigenvalue weighted by Gasteiger charge is 2.26. The first-order valence-corrected chi connectivity index (χ1v) is 11.0. The molecule has 32 heavy (non-hydrogen) atoms. The molecule has 166 valence electrons. The molecule has 1 aliphatic rings. The Hall–Kier alpha value is -3.47. The minimum Gasteiger partial charge on any atom is -0.497 e. The van der Waals surface area contributed by atoms with E-state index in [9.17, 15) is 4.79 Å². The molecule has 0 aliphatic carbocycles. The Kier molecular flexibility index (Phi) is 6.64. The number of methoxy groups -OCH3 is 1. The van der Waals surface area contributed by atoms with Crippen molar-refractivity contribution in [2.75, 3.05) is 18.6 Å². The summed E-state index contributed by atoms with van der Waals surface area (Å²) in [7, 11) is 1.68. The van der Waals surface area contributed by atoms with Gasteiger partial charge in [-0.3, -0.25) is 4.79 Å². The normalized spacial score (nSPS) is 15.6. The van der Waals surface area contributed by atoms with Crippen LogP contribution in [0.4, 0.5) is 5.69 Å². The topological polar surface area (TPSA) is 59.0 Å². The van der Waals surface area contributed by atoms with E-state index in [1.54, 1.807) is 7.11 Å². The van der Waals surface area contributed by atoms with Gasteiger partial charge >= 0.3 is 5.97 Å². The van der Waals surface area contributed by atoms with Crippen LogP contribution in [0.5, 0.6) is 11.5 Å². The van der Waals surface area contributed by atoms with Crippen LogP contribution in [-0.2, 0) is 11.4 Å². The number of ether oxygens (including phenoxy) is 2. The standard InChI is InChI=1S/C27H29NO4/c1-19-15-20(8-13-26(19)21-5-3-7-25(16-21)31-2)18-32-24-11-9-22(10-12-24)28-14-4-6-23(28)17-27(29)30/h3,5,7-13,15-16,23H,4,6,14,17-18H2,1-2H3,(H,29,30)/t23-/m0/s1. The van der Waals surface area contributed by atoms with Crippen molar-refractivity contribution in [1.82, 2.24) is 0 Å². The molecule has 3 aromatic rings. The van der Waals surface area contributed by atoms with Crippen molar-refractivity contribution in [3.8, 4) is 22.6 Å². The van der Waals surface area contributed by atoms with E-state index in [0.717, 1.165) is 47.7 Å². The van der Waals surface area contributed by atoms with Gasteiger partial charge in [-0.1, -0.05) is 30.3 Å². The predicted molar refractivity (Wildman–Crippen MR) is 127 cm³/mol. The molecule has 1 saturated heterocycles. The summed E-state index contributed by atoms with van der Waals surface area (Å²) in [5, 5.41) is 9.13. The van der Waals surface area contributed by atoms with Crippen LogP contribution in [0.3, 0.4) is 0 Å². The monoisotopic (exact) mass is 431 g/mol. The Morgan fingerprint density at radius 1 is 1.06 bits per heavy atom. The highest BCUT2D eigenvalue weighted by atomic mass is 16.5. The molecule has 0 spiro atoms. The number of rotatable bonds is 8. The van der Waals surface area contributed by atoms with Gasteiger partial charge in [0.1, 0.15) is 18.1 Å². The first-order valence-electron chi connectivity index (χ1n) is 11.0. The molecule has 4 rings (SSSR count). The highest BCUT2D eigenvalue weighted by Crippen LogP contribution is 2.30. The predicted octanol–water partition coefficient (Wildman–Crippen LogP) is 5.69. The van der Waals surface area contributed by atoms with Gasteiger partial charge in [-0.15, -0.1) is 0 Å². The molecule has 1 N–H and O–H groups in total. The number of aliphatic carboxylic acids is 1. The second-order valence-corrected chi connectivity index (χ2v) is 8.25. The number of carbonyl (C=O) groups is 1. The maximum Gasteiger partial charge on any atom is 0.305 e. The smallest absolute Gasteiger partial charge is 0.305 e. The minimum absolute atomic E-state index is 0.0744. The number of aryl methyl sites for hydroxylation is 1. The molecule has 0 saturated carbocycles. The number of carboxylic acids is 1. The van der Waals surface area contributed by atoms with Crippen molar-refractivity contribution < 1.29 is 19.4 Å². The van der Waals surface area contributed by atoms with Crippen molar-refractivity contribution in [2.45, 2.75) is 38.8 Å². The molecule has 0 amide bonds. The van der Waals surface area contributed by atoms with Crippen LogP contribution < -0.4 is 14.4 Å². The second-order valence-electron chi connectivity index (χ2n) is 8.25. The zero-order valence-electron chi connectivity index (χ0n) is 18.6. The lowest BCUT2D eigenvalue weighted by atomic mass is 9.98. The average Bonchev–Trinajstić information content (AvgIpc) is 3.25. The van der Waals surface area contributed by atoms with E-state index < -0.39 is 5.97 Å². The van der Waals surface area contributed by atoms with Gasteiger partial charge in [0.15, 0.2) is 0 Å². The maximum atomic E-state index is 11.1. The Balaban J connectivity index is 1.39. The van der Waals surface area contributed by atoms with Crippen molar-refractivity contribution in [1.29, 1.82) is 0 Å². The molecule has 5 heteroatoms. The fourth-order valence-corrected chi connectivity index (χ4v) is 4.42. The Morgan fingerprint density at radius 2 is 1.88 bits per heavy atom. The lowest BCUT2D eigenvalue weighted by Gasteiger charge is -2.25. The van der Waals surface area contributed by atoms with E-state index >= 15 is 0 Å². The Bertz CT molecular complexity index is 1080. The van der Waals surface area contributed by atoms with E-state index in [-0.39, 0.29) is 12.5 Å². The molecule has 0 radical (unpaired) electrons. The van der Waals surface area contributed by atoms with Gasteiger partial charge in [-0.2, -0.15) is 0 Å². The lowest BCUT2D eigenvalue weighted by molar-refractivity contribution is -0.137. The van der Waals surface area contributed by atoms with Gasteiger partial charge in [-0.05, 0) is 78.4 Å². The molecule has 3 aromatic carbocycles. The number of hydrogen-bond acceptors (Lipinski definition) is 4. The van der Waals surface area contributed by atoms with Crippen LogP contribution in [0, 0.1) is 6.92 Å². The molecule has 5 nitrogen and oxygen atoms in total. The molecule has 1 atom stereocenters.